The summed E-state index contributed by atoms with van der Waals surface area (Å²) in [5, 5.41) is 1.09. The Bertz CT molecular complexity index is 563. The van der Waals surface area contributed by atoms with Crippen molar-refractivity contribution in [3.05, 3.63) is 40.2 Å². The van der Waals surface area contributed by atoms with Crippen LogP contribution in [0.3, 0.4) is 0 Å². The van der Waals surface area contributed by atoms with Crippen LogP contribution in [-0.2, 0) is 11.3 Å². The van der Waals surface area contributed by atoms with Crippen molar-refractivity contribution in [1.82, 2.24) is 4.98 Å². The van der Waals surface area contributed by atoms with Crippen LogP contribution < -0.4 is 5.73 Å². The van der Waals surface area contributed by atoms with Crippen LogP contribution >= 0.6 is 11.3 Å². The molecular formula is C16H20N2OS. The van der Waals surface area contributed by atoms with Gasteiger partial charge in [0.15, 0.2) is 0 Å². The van der Waals surface area contributed by atoms with E-state index in [-0.39, 0.29) is 6.10 Å². The number of aromatic nitrogens is 1. The first-order valence-electron chi connectivity index (χ1n) is 7.20. The molecule has 0 saturated heterocycles. The summed E-state index contributed by atoms with van der Waals surface area (Å²) in [7, 11) is 0. The van der Waals surface area contributed by atoms with E-state index in [1.54, 1.807) is 11.3 Å². The topological polar surface area (TPSA) is 48.1 Å². The average molecular weight is 288 g/mol. The van der Waals surface area contributed by atoms with Gasteiger partial charge in [-0.15, -0.1) is 11.3 Å². The van der Waals surface area contributed by atoms with Crippen LogP contribution in [0.25, 0.3) is 11.3 Å². The van der Waals surface area contributed by atoms with Crippen LogP contribution in [-0.4, -0.2) is 11.6 Å². The Kier molecular flexibility index (Phi) is 4.15. The molecule has 1 saturated carbocycles. The van der Waals surface area contributed by atoms with Gasteiger partial charge in [-0.25, -0.2) is 4.98 Å². The number of rotatable bonds is 6. The standard InChI is InChI=1S/C16H20N2OS/c1-2-19-15(12-8-9-12)16-18-14(13(10-17)20-16)11-6-4-3-5-7-11/h3-7,12,15H,2,8-10,17H2,1H3. The van der Waals surface area contributed by atoms with Crippen molar-refractivity contribution in [3.8, 4) is 11.3 Å². The Morgan fingerprint density at radius 1 is 1.35 bits per heavy atom. The number of thiazole rings is 1. The Morgan fingerprint density at radius 2 is 2.10 bits per heavy atom. The lowest BCUT2D eigenvalue weighted by molar-refractivity contribution is 0.0462. The van der Waals surface area contributed by atoms with Crippen molar-refractivity contribution in [1.29, 1.82) is 0 Å². The molecule has 3 nitrogen and oxygen atoms in total. The van der Waals surface area contributed by atoms with Gasteiger partial charge in [0.05, 0.1) is 5.69 Å². The molecule has 2 aromatic rings. The molecule has 2 N–H and O–H groups in total. The van der Waals surface area contributed by atoms with E-state index in [9.17, 15) is 0 Å². The Labute approximate surface area is 123 Å². The Morgan fingerprint density at radius 3 is 2.70 bits per heavy atom. The fraction of sp³-hybridized carbons (Fsp3) is 0.438. The zero-order chi connectivity index (χ0) is 13.9. The second-order valence-corrected chi connectivity index (χ2v) is 6.22. The molecule has 0 aliphatic heterocycles. The van der Waals surface area contributed by atoms with Gasteiger partial charge in [-0.2, -0.15) is 0 Å². The van der Waals surface area contributed by atoms with Crippen LogP contribution in [0.1, 0.15) is 35.8 Å². The molecule has 1 atom stereocenters. The third kappa shape index (κ3) is 2.77. The maximum Gasteiger partial charge on any atom is 0.123 e. The first-order chi connectivity index (χ1) is 9.83. The lowest BCUT2D eigenvalue weighted by atomic mass is 10.1. The average Bonchev–Trinajstić information content (AvgIpc) is 3.24. The number of nitrogens with zero attached hydrogens (tertiary/aromatic N) is 1. The maximum atomic E-state index is 5.91. The highest BCUT2D eigenvalue weighted by molar-refractivity contribution is 7.12. The molecule has 1 heterocycles. The normalized spacial score (nSPS) is 16.3. The van der Waals surface area contributed by atoms with E-state index in [2.05, 4.69) is 12.1 Å². The van der Waals surface area contributed by atoms with Crippen molar-refractivity contribution in [2.45, 2.75) is 32.4 Å². The SMILES string of the molecule is CCOC(c1nc(-c2ccccc2)c(CN)s1)C1CC1. The first-order valence-corrected chi connectivity index (χ1v) is 8.01. The molecule has 1 unspecified atom stereocenters. The summed E-state index contributed by atoms with van der Waals surface area (Å²) in [6.45, 7) is 3.32. The van der Waals surface area contributed by atoms with Crippen molar-refractivity contribution in [3.63, 3.8) is 0 Å². The number of benzene rings is 1. The fourth-order valence-corrected chi connectivity index (χ4v) is 3.55. The van der Waals surface area contributed by atoms with E-state index in [0.717, 1.165) is 27.7 Å². The van der Waals surface area contributed by atoms with Crippen LogP contribution in [0.4, 0.5) is 0 Å². The van der Waals surface area contributed by atoms with Gasteiger partial charge in [-0.1, -0.05) is 30.3 Å². The molecular weight excluding hydrogens is 268 g/mol. The Hall–Kier alpha value is -1.23. The second-order valence-electron chi connectivity index (χ2n) is 5.11. The number of nitrogens with two attached hydrogens (primary N) is 1. The van der Waals surface area contributed by atoms with Crippen molar-refractivity contribution >= 4 is 11.3 Å². The van der Waals surface area contributed by atoms with E-state index in [4.69, 9.17) is 15.5 Å². The van der Waals surface area contributed by atoms with Crippen LogP contribution in [0.15, 0.2) is 30.3 Å². The smallest absolute Gasteiger partial charge is 0.123 e. The Balaban J connectivity index is 1.95. The van der Waals surface area contributed by atoms with E-state index >= 15 is 0 Å². The van der Waals surface area contributed by atoms with Crippen LogP contribution in [0.2, 0.25) is 0 Å². The molecule has 0 radical (unpaired) electrons. The van der Waals surface area contributed by atoms with Crippen LogP contribution in [0, 0.1) is 5.92 Å². The monoisotopic (exact) mass is 288 g/mol. The van der Waals surface area contributed by atoms with Gasteiger partial charge >= 0.3 is 0 Å². The molecule has 3 rings (SSSR count). The number of hydrogen-bond donors (Lipinski definition) is 1. The quantitative estimate of drug-likeness (QED) is 0.880. The summed E-state index contributed by atoms with van der Waals surface area (Å²) < 4.78 is 5.91. The largest absolute Gasteiger partial charge is 0.371 e. The van der Waals surface area contributed by atoms with Crippen molar-refractivity contribution in [2.24, 2.45) is 11.7 Å². The van der Waals surface area contributed by atoms with Gasteiger partial charge in [0.25, 0.3) is 0 Å². The molecule has 20 heavy (non-hydrogen) atoms. The summed E-state index contributed by atoms with van der Waals surface area (Å²) in [5.41, 5.74) is 8.06. The lowest BCUT2D eigenvalue weighted by Crippen LogP contribution is -2.06. The van der Waals surface area contributed by atoms with Gasteiger partial charge in [0, 0.05) is 23.6 Å². The van der Waals surface area contributed by atoms with E-state index in [1.165, 1.54) is 12.8 Å². The highest BCUT2D eigenvalue weighted by Crippen LogP contribution is 2.45. The predicted octanol–water partition coefficient (Wildman–Crippen LogP) is 3.76. The minimum Gasteiger partial charge on any atom is -0.371 e. The van der Waals surface area contributed by atoms with Gasteiger partial charge < -0.3 is 10.5 Å². The zero-order valence-electron chi connectivity index (χ0n) is 11.7. The number of ether oxygens (including phenoxy) is 1. The molecule has 1 aromatic heterocycles. The first kappa shape index (κ1) is 13.7. The lowest BCUT2D eigenvalue weighted by Gasteiger charge is -2.12. The molecule has 1 aliphatic carbocycles. The molecule has 0 amide bonds. The summed E-state index contributed by atoms with van der Waals surface area (Å²) in [4.78, 5) is 5.99. The molecule has 1 aromatic carbocycles. The maximum absolute atomic E-state index is 5.91. The molecule has 1 fully saturated rings. The van der Waals surface area contributed by atoms with Gasteiger partial charge in [-0.3, -0.25) is 0 Å². The van der Waals surface area contributed by atoms with Crippen molar-refractivity contribution in [2.75, 3.05) is 6.61 Å². The van der Waals surface area contributed by atoms with Gasteiger partial charge in [0.1, 0.15) is 11.1 Å². The third-order valence-corrected chi connectivity index (χ3v) is 4.73. The van der Waals surface area contributed by atoms with Gasteiger partial charge in [-0.05, 0) is 25.7 Å². The number of hydrogen-bond acceptors (Lipinski definition) is 4. The minimum absolute atomic E-state index is 0.160. The molecule has 4 heteroatoms. The molecule has 0 spiro atoms. The fourth-order valence-electron chi connectivity index (χ4n) is 2.44. The highest BCUT2D eigenvalue weighted by atomic mass is 32.1. The van der Waals surface area contributed by atoms with E-state index in [0.29, 0.717) is 12.5 Å². The molecule has 0 bridgehead atoms. The highest BCUT2D eigenvalue weighted by Gasteiger charge is 2.35. The van der Waals surface area contributed by atoms with E-state index < -0.39 is 0 Å². The second kappa shape index (κ2) is 6.04. The zero-order valence-corrected chi connectivity index (χ0v) is 12.5. The van der Waals surface area contributed by atoms with E-state index in [1.807, 2.05) is 25.1 Å². The van der Waals surface area contributed by atoms with Crippen LogP contribution in [0.5, 0.6) is 0 Å². The minimum atomic E-state index is 0.160. The summed E-state index contributed by atoms with van der Waals surface area (Å²) in [6.07, 6.45) is 2.67. The van der Waals surface area contributed by atoms with Crippen molar-refractivity contribution < 1.29 is 4.74 Å². The molecule has 106 valence electrons. The summed E-state index contributed by atoms with van der Waals surface area (Å²) in [6, 6.07) is 10.3. The summed E-state index contributed by atoms with van der Waals surface area (Å²) >= 11 is 1.71. The van der Waals surface area contributed by atoms with Gasteiger partial charge in [0.2, 0.25) is 0 Å². The summed E-state index contributed by atoms with van der Waals surface area (Å²) in [5.74, 6) is 0.648. The molecule has 1 aliphatic rings. The predicted molar refractivity (Wildman–Crippen MR) is 82.5 cm³/mol. The third-order valence-electron chi connectivity index (χ3n) is 3.59.